The summed E-state index contributed by atoms with van der Waals surface area (Å²) in [7, 11) is 0. The van der Waals surface area contributed by atoms with Crippen LogP contribution in [0, 0.1) is 25.2 Å². The summed E-state index contributed by atoms with van der Waals surface area (Å²) in [6, 6.07) is 18.6. The van der Waals surface area contributed by atoms with E-state index in [9.17, 15) is 15.2 Å². The van der Waals surface area contributed by atoms with E-state index in [1.807, 2.05) is 60.9 Å². The van der Waals surface area contributed by atoms with Gasteiger partial charge in [-0.25, -0.2) is 4.79 Å². The molecule has 3 aromatic rings. The topological polar surface area (TPSA) is 66.0 Å². The van der Waals surface area contributed by atoms with Crippen molar-refractivity contribution in [3.63, 3.8) is 0 Å². The summed E-state index contributed by atoms with van der Waals surface area (Å²) in [4.78, 5) is 11.4. The number of carbonyl (C=O) groups is 1. The van der Waals surface area contributed by atoms with Crippen molar-refractivity contribution in [3.8, 4) is 11.8 Å². The van der Waals surface area contributed by atoms with Gasteiger partial charge in [0.05, 0.1) is 22.2 Å². The van der Waals surface area contributed by atoms with Crippen LogP contribution >= 0.6 is 11.6 Å². The largest absolute Gasteiger partial charge is 0.478 e. The number of nitrogens with zero attached hydrogens (tertiary/aromatic N) is 2. The molecule has 0 saturated carbocycles. The average Bonchev–Trinajstić information content (AvgIpc) is 2.94. The van der Waals surface area contributed by atoms with Crippen molar-refractivity contribution in [2.24, 2.45) is 0 Å². The van der Waals surface area contributed by atoms with Gasteiger partial charge in [0.25, 0.3) is 0 Å². The number of halogens is 1. The number of aromatic carboxylic acids is 1. The molecule has 0 saturated heterocycles. The third kappa shape index (κ3) is 3.64. The van der Waals surface area contributed by atoms with Crippen molar-refractivity contribution >= 4 is 29.2 Å². The monoisotopic (exact) mass is 376 g/mol. The molecule has 27 heavy (non-hydrogen) atoms. The number of hydrogen-bond acceptors (Lipinski definition) is 2. The zero-order chi connectivity index (χ0) is 19.6. The number of carboxylic acid groups (broad SMARTS) is 1. The standard InChI is InChI=1S/C22H17ClN2O2/c1-14-10-17(11-18(13-24)16-6-4-3-5-7-16)15(2)25(14)19-8-9-21(23)20(12-19)22(26)27/h3-12H,1-2H3,(H,26,27)/b18-11+. The van der Waals surface area contributed by atoms with E-state index < -0.39 is 5.97 Å². The lowest BCUT2D eigenvalue weighted by Crippen LogP contribution is -2.03. The number of aromatic nitrogens is 1. The lowest BCUT2D eigenvalue weighted by molar-refractivity contribution is 0.0697. The molecule has 0 aliphatic rings. The maximum Gasteiger partial charge on any atom is 0.337 e. The smallest absolute Gasteiger partial charge is 0.337 e. The molecule has 3 rings (SSSR count). The summed E-state index contributed by atoms with van der Waals surface area (Å²) in [6.45, 7) is 3.88. The maximum atomic E-state index is 11.4. The van der Waals surface area contributed by atoms with Crippen molar-refractivity contribution in [1.29, 1.82) is 5.26 Å². The number of carboxylic acids is 1. The van der Waals surface area contributed by atoms with Gasteiger partial charge in [-0.15, -0.1) is 0 Å². The average molecular weight is 377 g/mol. The van der Waals surface area contributed by atoms with Crippen LogP contribution in [0.4, 0.5) is 0 Å². The number of benzene rings is 2. The molecule has 2 aromatic carbocycles. The van der Waals surface area contributed by atoms with E-state index in [-0.39, 0.29) is 10.6 Å². The van der Waals surface area contributed by atoms with E-state index >= 15 is 0 Å². The Balaban J connectivity index is 2.11. The van der Waals surface area contributed by atoms with Crippen LogP contribution in [0.1, 0.15) is 32.9 Å². The lowest BCUT2D eigenvalue weighted by Gasteiger charge is -2.11. The van der Waals surface area contributed by atoms with Crippen molar-refractivity contribution in [2.45, 2.75) is 13.8 Å². The Morgan fingerprint density at radius 2 is 1.85 bits per heavy atom. The van der Waals surface area contributed by atoms with Crippen molar-refractivity contribution in [3.05, 3.63) is 87.7 Å². The molecule has 0 amide bonds. The zero-order valence-corrected chi connectivity index (χ0v) is 15.7. The summed E-state index contributed by atoms with van der Waals surface area (Å²) in [5.74, 6) is -1.07. The number of allylic oxidation sites excluding steroid dienone is 1. The maximum absolute atomic E-state index is 11.4. The van der Waals surface area contributed by atoms with Crippen molar-refractivity contribution in [1.82, 2.24) is 4.57 Å². The molecule has 0 spiro atoms. The molecule has 134 valence electrons. The van der Waals surface area contributed by atoms with E-state index in [1.165, 1.54) is 0 Å². The fourth-order valence-corrected chi connectivity index (χ4v) is 3.30. The van der Waals surface area contributed by atoms with E-state index in [0.717, 1.165) is 22.5 Å². The quantitative estimate of drug-likeness (QED) is 0.610. The van der Waals surface area contributed by atoms with Crippen LogP contribution in [0.25, 0.3) is 17.3 Å². The molecule has 1 heterocycles. The summed E-state index contributed by atoms with van der Waals surface area (Å²) >= 11 is 5.98. The van der Waals surface area contributed by atoms with Crippen LogP contribution in [-0.4, -0.2) is 15.6 Å². The predicted molar refractivity (Wildman–Crippen MR) is 107 cm³/mol. The molecule has 1 N–H and O–H groups in total. The lowest BCUT2D eigenvalue weighted by atomic mass is 10.0. The number of rotatable bonds is 4. The Hall–Kier alpha value is -3.29. The van der Waals surface area contributed by atoms with Gasteiger partial charge < -0.3 is 9.67 Å². The highest BCUT2D eigenvalue weighted by Crippen LogP contribution is 2.27. The first-order valence-electron chi connectivity index (χ1n) is 8.31. The predicted octanol–water partition coefficient (Wildman–Crippen LogP) is 5.51. The Morgan fingerprint density at radius 3 is 2.48 bits per heavy atom. The molecular weight excluding hydrogens is 360 g/mol. The van der Waals surface area contributed by atoms with E-state index in [0.29, 0.717) is 11.3 Å². The van der Waals surface area contributed by atoms with Crippen LogP contribution in [-0.2, 0) is 0 Å². The van der Waals surface area contributed by atoms with Gasteiger partial charge in [-0.05, 0) is 55.3 Å². The molecule has 0 fully saturated rings. The molecule has 0 bridgehead atoms. The summed E-state index contributed by atoms with van der Waals surface area (Å²) in [5, 5.41) is 19.1. The first-order chi connectivity index (χ1) is 12.9. The third-order valence-electron chi connectivity index (χ3n) is 4.41. The van der Waals surface area contributed by atoms with Gasteiger partial charge >= 0.3 is 5.97 Å². The van der Waals surface area contributed by atoms with E-state index in [4.69, 9.17) is 11.6 Å². The Kier molecular flexibility index (Phi) is 5.16. The number of nitriles is 1. The van der Waals surface area contributed by atoms with Crippen LogP contribution < -0.4 is 0 Å². The highest BCUT2D eigenvalue weighted by Gasteiger charge is 2.14. The first-order valence-corrected chi connectivity index (χ1v) is 8.69. The zero-order valence-electron chi connectivity index (χ0n) is 14.9. The van der Waals surface area contributed by atoms with Crippen LogP contribution in [0.15, 0.2) is 54.6 Å². The molecular formula is C22H17ClN2O2. The van der Waals surface area contributed by atoms with Gasteiger partial charge in [-0.3, -0.25) is 0 Å². The Labute approximate surface area is 162 Å². The first kappa shape index (κ1) is 18.5. The minimum Gasteiger partial charge on any atom is -0.478 e. The Bertz CT molecular complexity index is 1090. The second kappa shape index (κ2) is 7.53. The van der Waals surface area contributed by atoms with Gasteiger partial charge in [0, 0.05) is 17.1 Å². The van der Waals surface area contributed by atoms with Gasteiger partial charge in [0.1, 0.15) is 0 Å². The van der Waals surface area contributed by atoms with E-state index in [1.54, 1.807) is 18.2 Å². The SMILES string of the molecule is Cc1cc(/C=C(\C#N)c2ccccc2)c(C)n1-c1ccc(Cl)c(C(=O)O)c1. The summed E-state index contributed by atoms with van der Waals surface area (Å²) < 4.78 is 1.95. The summed E-state index contributed by atoms with van der Waals surface area (Å²) in [5.41, 5.74) is 4.94. The molecule has 4 nitrogen and oxygen atoms in total. The third-order valence-corrected chi connectivity index (χ3v) is 4.74. The summed E-state index contributed by atoms with van der Waals surface area (Å²) in [6.07, 6.45) is 1.85. The molecule has 0 radical (unpaired) electrons. The van der Waals surface area contributed by atoms with Gasteiger partial charge in [-0.1, -0.05) is 41.9 Å². The number of hydrogen-bond donors (Lipinski definition) is 1. The molecule has 0 aliphatic heterocycles. The minimum atomic E-state index is -1.07. The molecule has 0 aliphatic carbocycles. The van der Waals surface area contributed by atoms with Crippen LogP contribution in [0.5, 0.6) is 0 Å². The van der Waals surface area contributed by atoms with Gasteiger partial charge in [-0.2, -0.15) is 5.26 Å². The molecule has 5 heteroatoms. The highest BCUT2D eigenvalue weighted by molar-refractivity contribution is 6.33. The van der Waals surface area contributed by atoms with Crippen molar-refractivity contribution < 1.29 is 9.90 Å². The highest BCUT2D eigenvalue weighted by atomic mass is 35.5. The Morgan fingerprint density at radius 1 is 1.15 bits per heavy atom. The molecule has 1 aromatic heterocycles. The molecule has 0 unspecified atom stereocenters. The van der Waals surface area contributed by atoms with Gasteiger partial charge in [0.15, 0.2) is 0 Å². The second-order valence-corrected chi connectivity index (χ2v) is 6.57. The fourth-order valence-electron chi connectivity index (χ4n) is 3.10. The van der Waals surface area contributed by atoms with Crippen LogP contribution in [0.2, 0.25) is 5.02 Å². The minimum absolute atomic E-state index is 0.0563. The second-order valence-electron chi connectivity index (χ2n) is 6.17. The number of aryl methyl sites for hydroxylation is 1. The normalized spacial score (nSPS) is 11.3. The van der Waals surface area contributed by atoms with E-state index in [2.05, 4.69) is 6.07 Å². The molecule has 0 atom stereocenters. The van der Waals surface area contributed by atoms with Crippen LogP contribution in [0.3, 0.4) is 0 Å². The fraction of sp³-hybridized carbons (Fsp3) is 0.0909. The van der Waals surface area contributed by atoms with Crippen molar-refractivity contribution in [2.75, 3.05) is 0 Å². The van der Waals surface area contributed by atoms with Gasteiger partial charge in [0.2, 0.25) is 0 Å².